The van der Waals surface area contributed by atoms with Crippen LogP contribution in [0.2, 0.25) is 0 Å². The van der Waals surface area contributed by atoms with Gasteiger partial charge in [0.2, 0.25) is 5.91 Å². The number of nitro benzene ring substituents is 1. The largest absolute Gasteiger partial charge is 0.364 e. The Kier molecular flexibility index (Phi) is 7.53. The SMILES string of the molecule is C=CCN(CC=C)c1ccc(N=Nc2ccc([N+](=O)[O-])cc2C#N)c(NC(C)=O)c1. The zero-order chi connectivity index (χ0) is 22.1. The molecule has 0 aromatic heterocycles. The second-order valence-electron chi connectivity index (χ2n) is 6.14. The number of rotatable bonds is 9. The molecule has 2 aromatic rings. The van der Waals surface area contributed by atoms with Gasteiger partial charge in [-0.2, -0.15) is 5.26 Å². The van der Waals surface area contributed by atoms with Gasteiger partial charge in [0, 0.05) is 37.8 Å². The number of carbonyl (C=O) groups is 1. The number of carbonyl (C=O) groups excluding carboxylic acids is 1. The van der Waals surface area contributed by atoms with Crippen LogP contribution in [0.3, 0.4) is 0 Å². The van der Waals surface area contributed by atoms with E-state index in [1.54, 1.807) is 24.3 Å². The normalized spacial score (nSPS) is 10.3. The zero-order valence-corrected chi connectivity index (χ0v) is 16.4. The van der Waals surface area contributed by atoms with Crippen molar-refractivity contribution in [3.05, 3.63) is 77.4 Å². The summed E-state index contributed by atoms with van der Waals surface area (Å²) in [5.41, 5.74) is 1.62. The van der Waals surface area contributed by atoms with Crippen molar-refractivity contribution in [1.29, 1.82) is 5.26 Å². The first-order valence-corrected chi connectivity index (χ1v) is 8.88. The van der Waals surface area contributed by atoms with Crippen molar-refractivity contribution >= 4 is 34.3 Å². The van der Waals surface area contributed by atoms with Gasteiger partial charge in [0.15, 0.2) is 0 Å². The summed E-state index contributed by atoms with van der Waals surface area (Å²) >= 11 is 0. The molecule has 0 fully saturated rings. The first-order valence-electron chi connectivity index (χ1n) is 8.88. The maximum Gasteiger partial charge on any atom is 0.270 e. The number of azo groups is 1. The van der Waals surface area contributed by atoms with E-state index in [9.17, 15) is 20.2 Å². The molecule has 2 rings (SSSR count). The molecule has 0 radical (unpaired) electrons. The highest BCUT2D eigenvalue weighted by Gasteiger charge is 2.12. The van der Waals surface area contributed by atoms with Gasteiger partial charge in [-0.3, -0.25) is 14.9 Å². The molecule has 0 unspecified atom stereocenters. The lowest BCUT2D eigenvalue weighted by molar-refractivity contribution is -0.384. The number of nitriles is 1. The fraction of sp³-hybridized carbons (Fsp3) is 0.143. The highest BCUT2D eigenvalue weighted by Crippen LogP contribution is 2.33. The Labute approximate surface area is 173 Å². The molecule has 0 aliphatic carbocycles. The molecule has 152 valence electrons. The van der Waals surface area contributed by atoms with Crippen LogP contribution in [0.4, 0.5) is 28.4 Å². The second-order valence-corrected chi connectivity index (χ2v) is 6.14. The molecule has 9 heteroatoms. The van der Waals surface area contributed by atoms with Crippen molar-refractivity contribution in [2.45, 2.75) is 6.92 Å². The topological polar surface area (TPSA) is 124 Å². The Morgan fingerprint density at radius 1 is 1.20 bits per heavy atom. The van der Waals surface area contributed by atoms with Crippen LogP contribution in [0, 0.1) is 21.4 Å². The standard InChI is InChI=1S/C21H20N6O3/c1-4-10-26(11-5-2)17-6-9-20(21(13-17)23-15(3)28)25-24-19-8-7-18(27(29)30)12-16(19)14-22/h4-9,12-13H,1-2,10-11H2,3H3,(H,23,28). The smallest absolute Gasteiger partial charge is 0.270 e. The minimum Gasteiger partial charge on any atom is -0.364 e. The van der Waals surface area contributed by atoms with Gasteiger partial charge in [0.25, 0.3) is 5.69 Å². The number of hydrogen-bond acceptors (Lipinski definition) is 7. The van der Waals surface area contributed by atoms with E-state index in [0.717, 1.165) is 11.8 Å². The van der Waals surface area contributed by atoms with Crippen molar-refractivity contribution in [1.82, 2.24) is 0 Å². The Balaban J connectivity index is 2.44. The zero-order valence-electron chi connectivity index (χ0n) is 16.4. The average molecular weight is 404 g/mol. The van der Waals surface area contributed by atoms with E-state index in [4.69, 9.17) is 0 Å². The maximum absolute atomic E-state index is 11.6. The molecule has 0 heterocycles. The maximum atomic E-state index is 11.6. The van der Waals surface area contributed by atoms with E-state index in [-0.39, 0.29) is 22.8 Å². The summed E-state index contributed by atoms with van der Waals surface area (Å²) in [7, 11) is 0. The van der Waals surface area contributed by atoms with Crippen molar-refractivity contribution in [3.8, 4) is 6.07 Å². The third-order valence-electron chi connectivity index (χ3n) is 3.93. The molecule has 0 aliphatic heterocycles. The average Bonchev–Trinajstić information content (AvgIpc) is 2.72. The van der Waals surface area contributed by atoms with Crippen molar-refractivity contribution < 1.29 is 9.72 Å². The summed E-state index contributed by atoms with van der Waals surface area (Å²) in [4.78, 5) is 23.9. The molecule has 0 bridgehead atoms. The monoisotopic (exact) mass is 404 g/mol. The lowest BCUT2D eigenvalue weighted by Crippen LogP contribution is -2.23. The highest BCUT2D eigenvalue weighted by atomic mass is 16.6. The number of hydrogen-bond donors (Lipinski definition) is 1. The van der Waals surface area contributed by atoms with Crippen LogP contribution >= 0.6 is 0 Å². The van der Waals surface area contributed by atoms with E-state index in [0.29, 0.717) is 24.5 Å². The fourth-order valence-corrected chi connectivity index (χ4v) is 2.62. The predicted octanol–water partition coefficient (Wildman–Crippen LogP) is 5.02. The molecule has 1 N–H and O–H groups in total. The number of nitro groups is 1. The van der Waals surface area contributed by atoms with E-state index < -0.39 is 4.92 Å². The third kappa shape index (κ3) is 5.59. The van der Waals surface area contributed by atoms with Gasteiger partial charge in [0.05, 0.1) is 16.2 Å². The van der Waals surface area contributed by atoms with Crippen LogP contribution < -0.4 is 10.2 Å². The van der Waals surface area contributed by atoms with Gasteiger partial charge in [-0.1, -0.05) is 12.2 Å². The van der Waals surface area contributed by atoms with Crippen molar-refractivity contribution in [3.63, 3.8) is 0 Å². The van der Waals surface area contributed by atoms with Crippen LogP contribution in [0.15, 0.2) is 71.9 Å². The fourth-order valence-electron chi connectivity index (χ4n) is 2.62. The van der Waals surface area contributed by atoms with Gasteiger partial charge in [0.1, 0.15) is 17.4 Å². The lowest BCUT2D eigenvalue weighted by atomic mass is 10.2. The molecule has 0 aliphatic rings. The summed E-state index contributed by atoms with van der Waals surface area (Å²) < 4.78 is 0. The Morgan fingerprint density at radius 2 is 1.83 bits per heavy atom. The molecular formula is C21H20N6O3. The summed E-state index contributed by atoms with van der Waals surface area (Å²) in [6.45, 7) is 10.0. The van der Waals surface area contributed by atoms with E-state index in [1.807, 2.05) is 17.0 Å². The van der Waals surface area contributed by atoms with E-state index in [2.05, 4.69) is 28.7 Å². The number of amides is 1. The van der Waals surface area contributed by atoms with Crippen molar-refractivity contribution in [2.24, 2.45) is 10.2 Å². The van der Waals surface area contributed by atoms with Gasteiger partial charge >= 0.3 is 0 Å². The Bertz CT molecular complexity index is 1050. The van der Waals surface area contributed by atoms with Gasteiger partial charge in [-0.25, -0.2) is 0 Å². The van der Waals surface area contributed by atoms with Crippen molar-refractivity contribution in [2.75, 3.05) is 23.3 Å². The lowest BCUT2D eigenvalue weighted by Gasteiger charge is -2.22. The van der Waals surface area contributed by atoms with Gasteiger partial charge in [-0.05, 0) is 24.3 Å². The van der Waals surface area contributed by atoms with Crippen LogP contribution in [0.5, 0.6) is 0 Å². The molecular weight excluding hydrogens is 384 g/mol. The summed E-state index contributed by atoms with van der Waals surface area (Å²) in [6, 6.07) is 10.8. The quantitative estimate of drug-likeness (QED) is 0.272. The minimum absolute atomic E-state index is 0.0220. The first kappa shape index (κ1) is 22.0. The molecule has 0 spiro atoms. The minimum atomic E-state index is -0.590. The van der Waals surface area contributed by atoms with Gasteiger partial charge in [-0.15, -0.1) is 23.4 Å². The molecule has 0 atom stereocenters. The summed E-state index contributed by atoms with van der Waals surface area (Å²) in [5.74, 6) is -0.282. The molecule has 0 saturated carbocycles. The number of non-ortho nitro benzene ring substituents is 1. The molecule has 30 heavy (non-hydrogen) atoms. The number of anilines is 2. The number of nitrogens with one attached hydrogen (secondary N) is 1. The number of benzene rings is 2. The third-order valence-corrected chi connectivity index (χ3v) is 3.93. The highest BCUT2D eigenvalue weighted by molar-refractivity contribution is 5.93. The summed E-state index contributed by atoms with van der Waals surface area (Å²) in [5, 5.41) is 31.0. The van der Waals surface area contributed by atoms with Gasteiger partial charge < -0.3 is 10.2 Å². The second kappa shape index (κ2) is 10.3. The number of nitrogens with zero attached hydrogens (tertiary/aromatic N) is 5. The van der Waals surface area contributed by atoms with Crippen LogP contribution in [-0.2, 0) is 4.79 Å². The Morgan fingerprint density at radius 3 is 2.40 bits per heavy atom. The Hall–Kier alpha value is -4.32. The molecule has 1 amide bonds. The van der Waals surface area contributed by atoms with E-state index in [1.165, 1.54) is 19.1 Å². The predicted molar refractivity (Wildman–Crippen MR) is 115 cm³/mol. The molecule has 2 aromatic carbocycles. The molecule has 0 saturated heterocycles. The van der Waals surface area contributed by atoms with Crippen LogP contribution in [-0.4, -0.2) is 23.9 Å². The van der Waals surface area contributed by atoms with Crippen LogP contribution in [0.1, 0.15) is 12.5 Å². The van der Waals surface area contributed by atoms with E-state index >= 15 is 0 Å². The molecule has 9 nitrogen and oxygen atoms in total. The first-order chi connectivity index (χ1) is 14.4. The van der Waals surface area contributed by atoms with Crippen LogP contribution in [0.25, 0.3) is 0 Å². The summed E-state index contributed by atoms with van der Waals surface area (Å²) in [6.07, 6.45) is 3.51.